The average molecular weight is 437 g/mol. The van der Waals surface area contributed by atoms with Gasteiger partial charge in [-0.3, -0.25) is 0 Å². The second-order valence-electron chi connectivity index (χ2n) is 6.06. The van der Waals surface area contributed by atoms with Gasteiger partial charge in [-0.2, -0.15) is 0 Å². The SMILES string of the molecule is NS(=O)(=O)c1ccc(NCc2ccccc2OCc2ccc(Cl)cc2Cl)cc1. The molecule has 3 aromatic rings. The van der Waals surface area contributed by atoms with Crippen LogP contribution in [0.4, 0.5) is 5.69 Å². The first-order chi connectivity index (χ1) is 13.3. The number of benzene rings is 3. The minimum Gasteiger partial charge on any atom is -0.488 e. The number of hydrogen-bond donors (Lipinski definition) is 2. The molecule has 0 aromatic heterocycles. The first kappa shape index (κ1) is 20.5. The van der Waals surface area contributed by atoms with Gasteiger partial charge in [0.2, 0.25) is 10.0 Å². The number of primary sulfonamides is 1. The van der Waals surface area contributed by atoms with E-state index in [9.17, 15) is 8.42 Å². The van der Waals surface area contributed by atoms with E-state index in [1.54, 1.807) is 24.3 Å². The lowest BCUT2D eigenvalue weighted by Crippen LogP contribution is -2.12. The molecule has 0 unspecified atom stereocenters. The molecular formula is C20H18Cl2N2O3S. The van der Waals surface area contributed by atoms with E-state index in [0.717, 1.165) is 22.6 Å². The first-order valence-corrected chi connectivity index (χ1v) is 10.6. The molecule has 8 heteroatoms. The van der Waals surface area contributed by atoms with E-state index in [0.29, 0.717) is 23.2 Å². The van der Waals surface area contributed by atoms with Crippen LogP contribution in [0.3, 0.4) is 0 Å². The maximum Gasteiger partial charge on any atom is 0.238 e. The summed E-state index contributed by atoms with van der Waals surface area (Å²) >= 11 is 12.1. The molecular weight excluding hydrogens is 419 g/mol. The van der Waals surface area contributed by atoms with Crippen molar-refractivity contribution < 1.29 is 13.2 Å². The molecule has 0 aliphatic rings. The summed E-state index contributed by atoms with van der Waals surface area (Å²) in [6.07, 6.45) is 0. The second kappa shape index (κ2) is 8.84. The predicted molar refractivity (Wildman–Crippen MR) is 112 cm³/mol. The summed E-state index contributed by atoms with van der Waals surface area (Å²) in [5, 5.41) is 9.48. The van der Waals surface area contributed by atoms with Gasteiger partial charge in [-0.05, 0) is 42.5 Å². The Labute approximate surface area is 174 Å². The van der Waals surface area contributed by atoms with Crippen LogP contribution >= 0.6 is 23.2 Å². The van der Waals surface area contributed by atoms with Gasteiger partial charge in [0.1, 0.15) is 12.4 Å². The summed E-state index contributed by atoms with van der Waals surface area (Å²) < 4.78 is 28.6. The highest BCUT2D eigenvalue weighted by Gasteiger charge is 2.08. The maximum atomic E-state index is 11.3. The number of para-hydroxylation sites is 1. The lowest BCUT2D eigenvalue weighted by molar-refractivity contribution is 0.303. The van der Waals surface area contributed by atoms with Crippen LogP contribution in [0.15, 0.2) is 71.6 Å². The van der Waals surface area contributed by atoms with E-state index in [1.165, 1.54) is 12.1 Å². The van der Waals surface area contributed by atoms with E-state index in [4.69, 9.17) is 33.1 Å². The molecule has 5 nitrogen and oxygen atoms in total. The van der Waals surface area contributed by atoms with E-state index < -0.39 is 10.0 Å². The van der Waals surface area contributed by atoms with Crippen molar-refractivity contribution in [2.24, 2.45) is 5.14 Å². The highest BCUT2D eigenvalue weighted by molar-refractivity contribution is 7.89. The van der Waals surface area contributed by atoms with Crippen LogP contribution in [-0.2, 0) is 23.2 Å². The van der Waals surface area contributed by atoms with Crippen molar-refractivity contribution in [1.82, 2.24) is 0 Å². The molecule has 0 aliphatic carbocycles. The standard InChI is InChI=1S/C20H18Cl2N2O3S/c21-16-6-5-15(19(22)11-16)13-27-20-4-2-1-3-14(20)12-24-17-7-9-18(10-8-17)28(23,25)26/h1-11,24H,12-13H2,(H2,23,25,26). The van der Waals surface area contributed by atoms with Gasteiger partial charge < -0.3 is 10.1 Å². The fourth-order valence-corrected chi connectivity index (χ4v) is 3.52. The third-order valence-electron chi connectivity index (χ3n) is 4.04. The smallest absolute Gasteiger partial charge is 0.238 e. The van der Waals surface area contributed by atoms with Crippen LogP contribution in [0.5, 0.6) is 5.75 Å². The number of nitrogens with two attached hydrogens (primary N) is 1. The Bertz CT molecular complexity index is 1070. The topological polar surface area (TPSA) is 81.4 Å². The van der Waals surface area contributed by atoms with Gasteiger partial charge in [0, 0.05) is 33.4 Å². The maximum absolute atomic E-state index is 11.3. The lowest BCUT2D eigenvalue weighted by Gasteiger charge is -2.14. The van der Waals surface area contributed by atoms with Crippen molar-refractivity contribution >= 4 is 38.9 Å². The molecule has 3 rings (SSSR count). The summed E-state index contributed by atoms with van der Waals surface area (Å²) in [6, 6.07) is 19.2. The van der Waals surface area contributed by atoms with Crippen molar-refractivity contribution in [3.05, 3.63) is 87.9 Å². The van der Waals surface area contributed by atoms with Crippen molar-refractivity contribution in [3.8, 4) is 5.75 Å². The molecule has 0 heterocycles. The molecule has 28 heavy (non-hydrogen) atoms. The third-order valence-corrected chi connectivity index (χ3v) is 5.55. The van der Waals surface area contributed by atoms with Gasteiger partial charge in [0.15, 0.2) is 0 Å². The highest BCUT2D eigenvalue weighted by atomic mass is 35.5. The van der Waals surface area contributed by atoms with Crippen molar-refractivity contribution in [1.29, 1.82) is 0 Å². The minimum atomic E-state index is -3.70. The van der Waals surface area contributed by atoms with Crippen LogP contribution in [0.2, 0.25) is 10.0 Å². The van der Waals surface area contributed by atoms with Crippen LogP contribution in [-0.4, -0.2) is 8.42 Å². The third kappa shape index (κ3) is 5.39. The Morgan fingerprint density at radius 3 is 2.32 bits per heavy atom. The Kier molecular flexibility index (Phi) is 6.46. The van der Waals surface area contributed by atoms with Crippen molar-refractivity contribution in [3.63, 3.8) is 0 Å². The molecule has 0 bridgehead atoms. The fraction of sp³-hybridized carbons (Fsp3) is 0.100. The number of hydrogen-bond acceptors (Lipinski definition) is 4. The largest absolute Gasteiger partial charge is 0.488 e. The van der Waals surface area contributed by atoms with E-state index >= 15 is 0 Å². The van der Waals surface area contributed by atoms with Gasteiger partial charge >= 0.3 is 0 Å². The zero-order valence-electron chi connectivity index (χ0n) is 14.7. The summed E-state index contributed by atoms with van der Waals surface area (Å²) in [5.74, 6) is 0.724. The normalized spacial score (nSPS) is 11.2. The summed E-state index contributed by atoms with van der Waals surface area (Å²) in [7, 11) is -3.70. The zero-order chi connectivity index (χ0) is 20.1. The average Bonchev–Trinajstić information content (AvgIpc) is 2.66. The van der Waals surface area contributed by atoms with Crippen LogP contribution < -0.4 is 15.2 Å². The number of sulfonamides is 1. The number of halogens is 2. The van der Waals surface area contributed by atoms with Crippen LogP contribution in [0.1, 0.15) is 11.1 Å². The Balaban J connectivity index is 1.67. The number of ether oxygens (including phenoxy) is 1. The van der Waals surface area contributed by atoms with Crippen molar-refractivity contribution in [2.45, 2.75) is 18.0 Å². The van der Waals surface area contributed by atoms with Gasteiger partial charge in [0.25, 0.3) is 0 Å². The monoisotopic (exact) mass is 436 g/mol. The molecule has 3 N–H and O–H groups in total. The number of nitrogens with one attached hydrogen (secondary N) is 1. The minimum absolute atomic E-state index is 0.0710. The number of anilines is 1. The first-order valence-electron chi connectivity index (χ1n) is 8.34. The van der Waals surface area contributed by atoms with Crippen molar-refractivity contribution in [2.75, 3.05) is 5.32 Å². The Morgan fingerprint density at radius 2 is 1.64 bits per heavy atom. The molecule has 0 saturated heterocycles. The van der Waals surface area contributed by atoms with Gasteiger partial charge in [0.05, 0.1) is 4.90 Å². The summed E-state index contributed by atoms with van der Waals surface area (Å²) in [6.45, 7) is 0.815. The molecule has 0 amide bonds. The van der Waals surface area contributed by atoms with Crippen LogP contribution in [0, 0.1) is 0 Å². The van der Waals surface area contributed by atoms with Gasteiger partial charge in [-0.1, -0.05) is 47.5 Å². The summed E-state index contributed by atoms with van der Waals surface area (Å²) in [4.78, 5) is 0.0710. The molecule has 0 atom stereocenters. The Hall–Kier alpha value is -2.25. The predicted octanol–water partition coefficient (Wildman–Crippen LogP) is 4.83. The van der Waals surface area contributed by atoms with E-state index in [-0.39, 0.29) is 4.90 Å². The zero-order valence-corrected chi connectivity index (χ0v) is 17.1. The molecule has 3 aromatic carbocycles. The second-order valence-corrected chi connectivity index (χ2v) is 8.46. The molecule has 0 radical (unpaired) electrons. The fourth-order valence-electron chi connectivity index (χ4n) is 2.54. The molecule has 0 saturated carbocycles. The van der Waals surface area contributed by atoms with E-state index in [2.05, 4.69) is 5.32 Å². The highest BCUT2D eigenvalue weighted by Crippen LogP contribution is 2.25. The molecule has 0 spiro atoms. The van der Waals surface area contributed by atoms with Gasteiger partial charge in [-0.15, -0.1) is 0 Å². The quantitative estimate of drug-likeness (QED) is 0.555. The van der Waals surface area contributed by atoms with E-state index in [1.807, 2.05) is 30.3 Å². The lowest BCUT2D eigenvalue weighted by atomic mass is 10.2. The molecule has 0 fully saturated rings. The van der Waals surface area contributed by atoms with Crippen LogP contribution in [0.25, 0.3) is 0 Å². The van der Waals surface area contributed by atoms with Gasteiger partial charge in [-0.25, -0.2) is 13.6 Å². The molecule has 146 valence electrons. The number of rotatable bonds is 7. The molecule has 0 aliphatic heterocycles. The Morgan fingerprint density at radius 1 is 0.929 bits per heavy atom. The summed E-state index contributed by atoms with van der Waals surface area (Å²) in [5.41, 5.74) is 2.55.